The van der Waals surface area contributed by atoms with Gasteiger partial charge in [0.2, 0.25) is 5.88 Å². The molecule has 0 saturated carbocycles. The maximum absolute atomic E-state index is 14.9. The first kappa shape index (κ1) is 23.2. The first-order valence-electron chi connectivity index (χ1n) is 9.91. The number of hydrogen-bond donors (Lipinski definition) is 0. The summed E-state index contributed by atoms with van der Waals surface area (Å²) in [5.74, 6) is -4.75. The van der Waals surface area contributed by atoms with Crippen molar-refractivity contribution in [1.29, 1.82) is 0 Å². The van der Waals surface area contributed by atoms with E-state index in [2.05, 4.69) is 4.98 Å². The predicted octanol–water partition coefficient (Wildman–Crippen LogP) is 5.79. The number of nitrogens with zero attached hydrogens (tertiary/aromatic N) is 2. The van der Waals surface area contributed by atoms with Gasteiger partial charge >= 0.3 is 12.0 Å². The molecule has 0 atom stereocenters. The fraction of sp³-hybridized carbons (Fsp3) is 0.455. The van der Waals surface area contributed by atoms with Gasteiger partial charge in [-0.15, -0.1) is 0 Å². The molecule has 1 aliphatic rings. The van der Waals surface area contributed by atoms with Crippen LogP contribution in [0, 0.1) is 5.82 Å². The quantitative estimate of drug-likeness (QED) is 0.584. The van der Waals surface area contributed by atoms with Gasteiger partial charge in [-0.2, -0.15) is 8.78 Å². The summed E-state index contributed by atoms with van der Waals surface area (Å²) in [4.78, 5) is 17.6. The highest BCUT2D eigenvalue weighted by Crippen LogP contribution is 2.37. The summed E-state index contributed by atoms with van der Waals surface area (Å²) in [6.45, 7) is 6.23. The van der Waals surface area contributed by atoms with Gasteiger partial charge in [0.1, 0.15) is 23.2 Å². The van der Waals surface area contributed by atoms with Gasteiger partial charge in [-0.1, -0.05) is 17.7 Å². The van der Waals surface area contributed by atoms with Gasteiger partial charge in [-0.3, -0.25) is 0 Å². The highest BCUT2D eigenvalue weighted by molar-refractivity contribution is 6.30. The van der Waals surface area contributed by atoms with Crippen LogP contribution >= 0.6 is 11.6 Å². The van der Waals surface area contributed by atoms with E-state index in [9.17, 15) is 18.0 Å². The Hall–Kier alpha value is -2.48. The van der Waals surface area contributed by atoms with E-state index in [-0.39, 0.29) is 17.0 Å². The van der Waals surface area contributed by atoms with Gasteiger partial charge in [0, 0.05) is 37.0 Å². The molecule has 3 rings (SSSR count). The summed E-state index contributed by atoms with van der Waals surface area (Å²) >= 11 is 5.66. The van der Waals surface area contributed by atoms with E-state index >= 15 is 0 Å². The van der Waals surface area contributed by atoms with Crippen LogP contribution in [0.15, 0.2) is 36.4 Å². The van der Waals surface area contributed by atoms with E-state index in [4.69, 9.17) is 21.1 Å². The van der Waals surface area contributed by atoms with E-state index in [1.54, 1.807) is 25.7 Å². The topological polar surface area (TPSA) is 51.7 Å². The molecule has 1 aromatic carbocycles. The van der Waals surface area contributed by atoms with Crippen LogP contribution in [0.5, 0.6) is 5.88 Å². The van der Waals surface area contributed by atoms with Crippen molar-refractivity contribution >= 4 is 17.7 Å². The molecule has 0 aliphatic carbocycles. The summed E-state index contributed by atoms with van der Waals surface area (Å²) in [5.41, 5.74) is -2.02. The average molecular weight is 457 g/mol. The molecule has 0 N–H and O–H groups in total. The molecule has 0 bridgehead atoms. The van der Waals surface area contributed by atoms with E-state index in [0.29, 0.717) is 25.9 Å². The number of hydrogen-bond acceptors (Lipinski definition) is 4. The summed E-state index contributed by atoms with van der Waals surface area (Å²) in [7, 11) is 0. The summed E-state index contributed by atoms with van der Waals surface area (Å²) in [6, 6.07) is 6.95. The molecule has 0 unspecified atom stereocenters. The van der Waals surface area contributed by atoms with E-state index in [0.717, 1.165) is 18.2 Å². The monoisotopic (exact) mass is 456 g/mol. The van der Waals surface area contributed by atoms with Crippen molar-refractivity contribution in [2.24, 2.45) is 0 Å². The molecule has 5 nitrogen and oxygen atoms in total. The molecule has 168 valence electrons. The van der Waals surface area contributed by atoms with Gasteiger partial charge in [-0.05, 0) is 45.0 Å². The Morgan fingerprint density at radius 3 is 2.45 bits per heavy atom. The molecule has 1 saturated heterocycles. The van der Waals surface area contributed by atoms with E-state index < -0.39 is 34.7 Å². The van der Waals surface area contributed by atoms with Crippen LogP contribution in [0.4, 0.5) is 18.0 Å². The lowest BCUT2D eigenvalue weighted by Crippen LogP contribution is -2.44. The minimum atomic E-state index is -3.66. The van der Waals surface area contributed by atoms with Gasteiger partial charge in [0.05, 0.1) is 5.56 Å². The number of rotatable bonds is 4. The van der Waals surface area contributed by atoms with Crippen LogP contribution in [-0.4, -0.2) is 40.8 Å². The lowest BCUT2D eigenvalue weighted by atomic mass is 10.0. The van der Waals surface area contributed by atoms with Crippen LogP contribution in [-0.2, 0) is 10.7 Å². The third-order valence-electron chi connectivity index (χ3n) is 4.70. The number of carbonyl (C=O) groups is 1. The van der Waals surface area contributed by atoms with Crippen LogP contribution in [0.3, 0.4) is 0 Å². The Balaban J connectivity index is 1.66. The zero-order valence-corrected chi connectivity index (χ0v) is 18.3. The minimum Gasteiger partial charge on any atom is -0.474 e. The summed E-state index contributed by atoms with van der Waals surface area (Å²) in [5, 5.41) is 0.0276. The van der Waals surface area contributed by atoms with Gasteiger partial charge < -0.3 is 14.4 Å². The molecule has 0 spiro atoms. The molecule has 2 heterocycles. The Labute approximate surface area is 184 Å². The number of benzene rings is 1. The molecule has 1 aliphatic heterocycles. The minimum absolute atomic E-state index is 0.0160. The second kappa shape index (κ2) is 8.94. The van der Waals surface area contributed by atoms with Crippen molar-refractivity contribution in [1.82, 2.24) is 9.88 Å². The summed E-state index contributed by atoms with van der Waals surface area (Å²) in [6.07, 6.45) is 0.332. The van der Waals surface area contributed by atoms with Gasteiger partial charge in [-0.25, -0.2) is 14.2 Å². The second-order valence-electron chi connectivity index (χ2n) is 8.34. The number of pyridine rings is 1. The number of aromatic nitrogens is 1. The predicted molar refractivity (Wildman–Crippen MR) is 110 cm³/mol. The molecule has 9 heteroatoms. The van der Waals surface area contributed by atoms with Crippen molar-refractivity contribution in [3.05, 3.63) is 58.5 Å². The van der Waals surface area contributed by atoms with Crippen LogP contribution in [0.2, 0.25) is 5.02 Å². The number of halogens is 4. The van der Waals surface area contributed by atoms with Gasteiger partial charge in [0.25, 0.3) is 0 Å². The molecule has 31 heavy (non-hydrogen) atoms. The van der Waals surface area contributed by atoms with E-state index in [1.807, 2.05) is 0 Å². The SMILES string of the molecule is CC(C)(C)OC(=O)N1CCC(Oc2cccc(C(F)(F)c3ccc(Cl)cc3F)n2)CC1. The standard InChI is InChI=1S/C22H24ClF3N2O3/c1-21(2,3)31-20(29)28-11-9-15(10-12-28)30-19-6-4-5-18(27-19)22(25,26)16-8-7-14(23)13-17(16)24/h4-8,13,15H,9-12H2,1-3H3. The van der Waals surface area contributed by atoms with Crippen molar-refractivity contribution in [3.63, 3.8) is 0 Å². The van der Waals surface area contributed by atoms with Crippen molar-refractivity contribution in [2.75, 3.05) is 13.1 Å². The highest BCUT2D eigenvalue weighted by atomic mass is 35.5. The second-order valence-corrected chi connectivity index (χ2v) is 8.78. The van der Waals surface area contributed by atoms with Crippen molar-refractivity contribution in [2.45, 2.75) is 51.2 Å². The molecule has 2 aromatic rings. The van der Waals surface area contributed by atoms with E-state index in [1.165, 1.54) is 18.2 Å². The lowest BCUT2D eigenvalue weighted by molar-refractivity contribution is 0.0115. The first-order valence-corrected chi connectivity index (χ1v) is 10.3. The van der Waals surface area contributed by atoms with Crippen molar-refractivity contribution < 1.29 is 27.4 Å². The molecular formula is C22H24ClF3N2O3. The largest absolute Gasteiger partial charge is 0.474 e. The Morgan fingerprint density at radius 1 is 1.16 bits per heavy atom. The Morgan fingerprint density at radius 2 is 1.84 bits per heavy atom. The van der Waals surface area contributed by atoms with Crippen LogP contribution < -0.4 is 4.74 Å². The Bertz CT molecular complexity index is 942. The highest BCUT2D eigenvalue weighted by Gasteiger charge is 2.39. The third-order valence-corrected chi connectivity index (χ3v) is 4.93. The van der Waals surface area contributed by atoms with Crippen LogP contribution in [0.25, 0.3) is 0 Å². The molecule has 1 fully saturated rings. The smallest absolute Gasteiger partial charge is 0.410 e. The average Bonchev–Trinajstić information content (AvgIpc) is 2.67. The number of likely N-dealkylation sites (tertiary alicyclic amines) is 1. The molecule has 1 aromatic heterocycles. The molecule has 0 radical (unpaired) electrons. The van der Waals surface area contributed by atoms with Crippen molar-refractivity contribution in [3.8, 4) is 5.88 Å². The number of carbonyl (C=O) groups excluding carboxylic acids is 1. The summed E-state index contributed by atoms with van der Waals surface area (Å²) < 4.78 is 54.9. The fourth-order valence-electron chi connectivity index (χ4n) is 3.19. The number of amides is 1. The zero-order valence-electron chi connectivity index (χ0n) is 17.5. The normalized spacial score (nSPS) is 15.6. The first-order chi connectivity index (χ1) is 14.5. The van der Waals surface area contributed by atoms with Gasteiger partial charge in [0.15, 0.2) is 0 Å². The number of alkyl halides is 2. The Kier molecular flexibility index (Phi) is 6.69. The maximum Gasteiger partial charge on any atom is 0.410 e. The lowest BCUT2D eigenvalue weighted by Gasteiger charge is -2.33. The molecular weight excluding hydrogens is 433 g/mol. The number of ether oxygens (including phenoxy) is 2. The zero-order chi connectivity index (χ0) is 22.8. The van der Waals surface area contributed by atoms with Crippen LogP contribution in [0.1, 0.15) is 44.9 Å². The molecule has 1 amide bonds. The third kappa shape index (κ3) is 5.81. The fourth-order valence-corrected chi connectivity index (χ4v) is 3.35. The number of piperidine rings is 1. The maximum atomic E-state index is 14.9.